The molecule has 0 bridgehead atoms. The minimum Gasteiger partial charge on any atom is -0.396 e. The van der Waals surface area contributed by atoms with Gasteiger partial charge in [-0.25, -0.2) is 0 Å². The smallest absolute Gasteiger partial charge is 0.187 e. The quantitative estimate of drug-likeness (QED) is 0.343. The molecule has 0 aliphatic carbocycles. The van der Waals surface area contributed by atoms with Gasteiger partial charge in [0.25, 0.3) is 0 Å². The Bertz CT molecular complexity index is 258. The molecular formula is C11H20O7. The first-order valence-electron chi connectivity index (χ1n) is 5.74. The summed E-state index contributed by atoms with van der Waals surface area (Å²) in [5.74, 6) is 0. The Kier molecular flexibility index (Phi) is 6.16. The number of hydrogen-bond acceptors (Lipinski definition) is 7. The van der Waals surface area contributed by atoms with E-state index in [0.29, 0.717) is 0 Å². The molecule has 0 aromatic carbocycles. The largest absolute Gasteiger partial charge is 0.396 e. The van der Waals surface area contributed by atoms with Gasteiger partial charge in [-0.15, -0.1) is 6.58 Å². The van der Waals surface area contributed by atoms with E-state index in [4.69, 9.17) is 19.7 Å². The van der Waals surface area contributed by atoms with Gasteiger partial charge in [0.1, 0.15) is 24.4 Å². The van der Waals surface area contributed by atoms with E-state index in [0.717, 1.165) is 0 Å². The second kappa shape index (κ2) is 7.15. The highest BCUT2D eigenvalue weighted by Gasteiger charge is 2.44. The summed E-state index contributed by atoms with van der Waals surface area (Å²) in [6.45, 7) is 2.87. The van der Waals surface area contributed by atoms with Gasteiger partial charge in [0.15, 0.2) is 6.29 Å². The maximum atomic E-state index is 9.70. The van der Waals surface area contributed by atoms with Crippen molar-refractivity contribution in [2.45, 2.75) is 43.2 Å². The van der Waals surface area contributed by atoms with Crippen molar-refractivity contribution in [3.8, 4) is 0 Å². The van der Waals surface area contributed by atoms with Crippen molar-refractivity contribution in [3.63, 3.8) is 0 Å². The fourth-order valence-corrected chi connectivity index (χ4v) is 1.72. The Morgan fingerprint density at radius 3 is 2.33 bits per heavy atom. The molecule has 1 unspecified atom stereocenters. The van der Waals surface area contributed by atoms with Gasteiger partial charge in [-0.1, -0.05) is 6.08 Å². The molecule has 0 aromatic rings. The van der Waals surface area contributed by atoms with Gasteiger partial charge >= 0.3 is 0 Å². The van der Waals surface area contributed by atoms with Gasteiger partial charge in [-0.3, -0.25) is 0 Å². The van der Waals surface area contributed by atoms with Crippen LogP contribution < -0.4 is 0 Å². The minimum atomic E-state index is -1.47. The van der Waals surface area contributed by atoms with E-state index in [2.05, 4.69) is 6.58 Å². The summed E-state index contributed by atoms with van der Waals surface area (Å²) in [5.41, 5.74) is 0. The van der Waals surface area contributed by atoms with E-state index in [-0.39, 0.29) is 13.0 Å². The Morgan fingerprint density at radius 1 is 1.17 bits per heavy atom. The Hall–Kier alpha value is -0.540. The zero-order valence-corrected chi connectivity index (χ0v) is 9.92. The summed E-state index contributed by atoms with van der Waals surface area (Å²) >= 11 is 0. The Balaban J connectivity index is 2.66. The van der Waals surface area contributed by atoms with Crippen LogP contribution in [0.2, 0.25) is 0 Å². The lowest BCUT2D eigenvalue weighted by Crippen LogP contribution is -2.59. The van der Waals surface area contributed by atoms with Crippen LogP contribution in [0.4, 0.5) is 0 Å². The van der Waals surface area contributed by atoms with Crippen LogP contribution >= 0.6 is 0 Å². The highest BCUT2D eigenvalue weighted by molar-refractivity contribution is 4.90. The molecule has 0 saturated carbocycles. The van der Waals surface area contributed by atoms with E-state index in [1.54, 1.807) is 0 Å². The van der Waals surface area contributed by atoms with E-state index in [1.807, 2.05) is 0 Å². The lowest BCUT2D eigenvalue weighted by molar-refractivity contribution is -0.308. The SMILES string of the molecule is C=CC(CCO)O[C@@H]1O[C@H](CO)[C@@H](O)[C@H](O)[C@H]1O. The average molecular weight is 264 g/mol. The number of aliphatic hydroxyl groups is 5. The molecule has 0 radical (unpaired) electrons. The zero-order valence-electron chi connectivity index (χ0n) is 9.92. The molecular weight excluding hydrogens is 244 g/mol. The molecule has 1 aliphatic rings. The number of hydrogen-bond donors (Lipinski definition) is 5. The van der Waals surface area contributed by atoms with Gasteiger partial charge in [0.05, 0.1) is 12.7 Å². The van der Waals surface area contributed by atoms with Gasteiger partial charge in [-0.05, 0) is 0 Å². The first-order valence-corrected chi connectivity index (χ1v) is 5.74. The summed E-state index contributed by atoms with van der Waals surface area (Å²) < 4.78 is 10.5. The van der Waals surface area contributed by atoms with Crippen LogP contribution in [-0.2, 0) is 9.47 Å². The Morgan fingerprint density at radius 2 is 1.83 bits per heavy atom. The van der Waals surface area contributed by atoms with Crippen molar-refractivity contribution in [2.24, 2.45) is 0 Å². The van der Waals surface area contributed by atoms with Crippen molar-refractivity contribution in [1.29, 1.82) is 0 Å². The molecule has 0 amide bonds. The monoisotopic (exact) mass is 264 g/mol. The molecule has 7 heteroatoms. The normalized spacial score (nSPS) is 38.4. The highest BCUT2D eigenvalue weighted by Crippen LogP contribution is 2.23. The molecule has 1 aliphatic heterocycles. The lowest BCUT2D eigenvalue weighted by atomic mass is 9.99. The van der Waals surface area contributed by atoms with Crippen LogP contribution in [0.5, 0.6) is 0 Å². The van der Waals surface area contributed by atoms with Crippen LogP contribution in [0.15, 0.2) is 12.7 Å². The van der Waals surface area contributed by atoms with Crippen LogP contribution in [0.1, 0.15) is 6.42 Å². The number of rotatable bonds is 6. The van der Waals surface area contributed by atoms with Gasteiger partial charge in [-0.2, -0.15) is 0 Å². The Labute approximate surface area is 105 Å². The predicted octanol–water partition coefficient (Wildman–Crippen LogP) is -2.26. The standard InChI is InChI=1S/C11H20O7/c1-2-6(3-4-12)17-11-10(16)9(15)8(14)7(5-13)18-11/h2,6-16H,1,3-5H2/t6?,7-,8-,9+,10-,11-/m1/s1. The van der Waals surface area contributed by atoms with Gasteiger partial charge in [0, 0.05) is 13.0 Å². The van der Waals surface area contributed by atoms with Gasteiger partial charge in [0.2, 0.25) is 0 Å². The highest BCUT2D eigenvalue weighted by atomic mass is 16.7. The first kappa shape index (κ1) is 15.5. The van der Waals surface area contributed by atoms with E-state index < -0.39 is 43.4 Å². The molecule has 0 spiro atoms. The van der Waals surface area contributed by atoms with Crippen LogP contribution in [0.3, 0.4) is 0 Å². The number of ether oxygens (including phenoxy) is 2. The maximum absolute atomic E-state index is 9.70. The molecule has 6 atom stereocenters. The van der Waals surface area contributed by atoms with Crippen molar-refractivity contribution in [1.82, 2.24) is 0 Å². The molecule has 0 aromatic heterocycles. The molecule has 7 nitrogen and oxygen atoms in total. The predicted molar refractivity (Wildman–Crippen MR) is 60.5 cm³/mol. The fraction of sp³-hybridized carbons (Fsp3) is 0.818. The van der Waals surface area contributed by atoms with Gasteiger partial charge < -0.3 is 35.0 Å². The molecule has 106 valence electrons. The van der Waals surface area contributed by atoms with Crippen molar-refractivity contribution in [3.05, 3.63) is 12.7 Å². The third-order valence-corrected chi connectivity index (χ3v) is 2.83. The third kappa shape index (κ3) is 3.48. The summed E-state index contributed by atoms with van der Waals surface area (Å²) in [4.78, 5) is 0. The first-order chi connectivity index (χ1) is 8.54. The van der Waals surface area contributed by atoms with E-state index >= 15 is 0 Å². The second-order valence-electron chi connectivity index (χ2n) is 4.12. The zero-order chi connectivity index (χ0) is 13.7. The maximum Gasteiger partial charge on any atom is 0.187 e. The molecule has 1 rings (SSSR count). The van der Waals surface area contributed by atoms with Crippen LogP contribution in [-0.4, -0.2) is 75.6 Å². The summed E-state index contributed by atoms with van der Waals surface area (Å²) in [6, 6.07) is 0. The van der Waals surface area contributed by atoms with E-state index in [1.165, 1.54) is 6.08 Å². The van der Waals surface area contributed by atoms with Crippen LogP contribution in [0.25, 0.3) is 0 Å². The van der Waals surface area contributed by atoms with Crippen molar-refractivity contribution < 1.29 is 35.0 Å². The summed E-state index contributed by atoms with van der Waals surface area (Å²) in [6.07, 6.45) is -5.40. The topological polar surface area (TPSA) is 120 Å². The van der Waals surface area contributed by atoms with E-state index in [9.17, 15) is 15.3 Å². The summed E-state index contributed by atoms with van der Waals surface area (Å²) in [5, 5.41) is 46.6. The fourth-order valence-electron chi connectivity index (χ4n) is 1.72. The molecule has 5 N–H and O–H groups in total. The molecule has 1 saturated heterocycles. The lowest BCUT2D eigenvalue weighted by Gasteiger charge is -2.40. The minimum absolute atomic E-state index is 0.131. The van der Waals surface area contributed by atoms with Crippen molar-refractivity contribution >= 4 is 0 Å². The van der Waals surface area contributed by atoms with Crippen molar-refractivity contribution in [2.75, 3.05) is 13.2 Å². The molecule has 1 fully saturated rings. The third-order valence-electron chi connectivity index (χ3n) is 2.83. The average Bonchev–Trinajstić information content (AvgIpc) is 2.38. The number of aliphatic hydroxyl groups excluding tert-OH is 5. The molecule has 1 heterocycles. The van der Waals surface area contributed by atoms with Crippen LogP contribution in [0, 0.1) is 0 Å². The molecule has 18 heavy (non-hydrogen) atoms. The summed E-state index contributed by atoms with van der Waals surface area (Å²) in [7, 11) is 0. The second-order valence-corrected chi connectivity index (χ2v) is 4.12.